The molecule has 39 heavy (non-hydrogen) atoms. The van der Waals surface area contributed by atoms with Gasteiger partial charge in [0, 0.05) is 46.2 Å². The van der Waals surface area contributed by atoms with Crippen molar-refractivity contribution in [3.63, 3.8) is 0 Å². The number of amides is 2. The van der Waals surface area contributed by atoms with Gasteiger partial charge in [-0.05, 0) is 56.7 Å². The fourth-order valence-corrected chi connectivity index (χ4v) is 5.25. The molecule has 204 valence electrons. The minimum atomic E-state index is -4.18. The van der Waals surface area contributed by atoms with Gasteiger partial charge in [0.15, 0.2) is 5.78 Å². The summed E-state index contributed by atoms with van der Waals surface area (Å²) in [6.07, 6.45) is -1.12. The molecule has 1 aliphatic carbocycles. The highest BCUT2D eigenvalue weighted by Crippen LogP contribution is 2.44. The largest absolute Gasteiger partial charge is 0.443 e. The van der Waals surface area contributed by atoms with Crippen LogP contribution < -0.4 is 14.8 Å². The Morgan fingerprint density at radius 3 is 2.49 bits per heavy atom. The number of aromatic amines is 1. The normalized spacial score (nSPS) is 14.2. The summed E-state index contributed by atoms with van der Waals surface area (Å²) in [5.41, 5.74) is 2.36. The molecule has 0 saturated carbocycles. The zero-order chi connectivity index (χ0) is 28.8. The number of carbonyl (C=O) groups is 3. The van der Waals surface area contributed by atoms with Gasteiger partial charge in [-0.3, -0.25) is 9.59 Å². The van der Waals surface area contributed by atoms with Gasteiger partial charge in [0.2, 0.25) is 0 Å². The quantitative estimate of drug-likeness (QED) is 0.341. The number of nitrogens with one attached hydrogen (secondary N) is 4. The fraction of sp³-hybridized carbons (Fsp3) is 0.333. The molecule has 12 heteroatoms. The maximum absolute atomic E-state index is 13.5. The number of hydrogen-bond donors (Lipinski definition) is 4. The van der Waals surface area contributed by atoms with E-state index in [1.807, 2.05) is 13.8 Å². The number of rotatable bonds is 6. The zero-order valence-corrected chi connectivity index (χ0v) is 23.0. The van der Waals surface area contributed by atoms with Crippen LogP contribution in [0.1, 0.15) is 77.7 Å². The van der Waals surface area contributed by atoms with Crippen molar-refractivity contribution in [3.05, 3.63) is 69.9 Å². The van der Waals surface area contributed by atoms with Crippen LogP contribution in [0.3, 0.4) is 0 Å². The van der Waals surface area contributed by atoms with E-state index in [0.717, 1.165) is 5.39 Å². The number of ether oxygens (including phenoxy) is 1. The maximum atomic E-state index is 13.5. The molecule has 2 amide bonds. The molecule has 0 saturated heterocycles. The third-order valence-electron chi connectivity index (χ3n) is 6.30. The third kappa shape index (κ3) is 5.64. The van der Waals surface area contributed by atoms with Crippen LogP contribution in [0.4, 0.5) is 4.79 Å². The van der Waals surface area contributed by atoms with E-state index < -0.39 is 33.2 Å². The van der Waals surface area contributed by atoms with Crippen molar-refractivity contribution in [1.82, 2.24) is 19.7 Å². The van der Waals surface area contributed by atoms with E-state index in [1.54, 1.807) is 61.9 Å². The monoisotopic (exact) mass is 551 g/mol. The summed E-state index contributed by atoms with van der Waals surface area (Å²) in [4.78, 5) is 41.3. The Hall–Kier alpha value is -4.21. The number of ketones is 1. The summed E-state index contributed by atoms with van der Waals surface area (Å²) >= 11 is 0. The lowest BCUT2D eigenvalue weighted by molar-refractivity contribution is 0.0569. The first-order chi connectivity index (χ1) is 18.1. The zero-order valence-electron chi connectivity index (χ0n) is 22.2. The van der Waals surface area contributed by atoms with Gasteiger partial charge >= 0.3 is 16.3 Å². The van der Waals surface area contributed by atoms with Crippen molar-refractivity contribution < 1.29 is 27.5 Å². The second kappa shape index (κ2) is 9.83. The Balaban J connectivity index is 1.46. The second-order valence-corrected chi connectivity index (χ2v) is 12.2. The molecule has 0 radical (unpaired) electrons. The van der Waals surface area contributed by atoms with Gasteiger partial charge in [-0.2, -0.15) is 18.4 Å². The van der Waals surface area contributed by atoms with Crippen LogP contribution in [0, 0.1) is 11.3 Å². The van der Waals surface area contributed by atoms with Crippen molar-refractivity contribution in [2.75, 3.05) is 13.1 Å². The minimum Gasteiger partial charge on any atom is -0.443 e. The van der Waals surface area contributed by atoms with E-state index in [9.17, 15) is 28.1 Å². The van der Waals surface area contributed by atoms with Gasteiger partial charge in [-0.25, -0.2) is 9.52 Å². The van der Waals surface area contributed by atoms with Crippen molar-refractivity contribution in [3.8, 4) is 6.07 Å². The van der Waals surface area contributed by atoms with Gasteiger partial charge in [0.05, 0.1) is 17.2 Å². The highest BCUT2D eigenvalue weighted by molar-refractivity contribution is 7.88. The predicted molar refractivity (Wildman–Crippen MR) is 144 cm³/mol. The van der Waals surface area contributed by atoms with Crippen molar-refractivity contribution in [1.29, 1.82) is 5.26 Å². The first kappa shape index (κ1) is 27.8. The summed E-state index contributed by atoms with van der Waals surface area (Å²) in [5.74, 6) is -0.629. The Morgan fingerprint density at radius 2 is 1.82 bits per heavy atom. The molecule has 0 spiro atoms. The Bertz CT molecular complexity index is 1660. The molecule has 0 unspecified atom stereocenters. The minimum absolute atomic E-state index is 0.0547. The van der Waals surface area contributed by atoms with Crippen LogP contribution >= 0.6 is 0 Å². The Labute approximate surface area is 226 Å². The number of hydrogen-bond acceptors (Lipinski definition) is 7. The summed E-state index contributed by atoms with van der Waals surface area (Å²) in [5, 5.41) is 12.6. The summed E-state index contributed by atoms with van der Waals surface area (Å²) in [7, 11) is -4.18. The number of benzene rings is 2. The predicted octanol–water partition coefficient (Wildman–Crippen LogP) is 3.00. The molecule has 11 nitrogen and oxygen atoms in total. The highest BCUT2D eigenvalue weighted by atomic mass is 32.2. The molecule has 4 rings (SSSR count). The summed E-state index contributed by atoms with van der Waals surface area (Å²) in [6.45, 7) is 8.47. The van der Waals surface area contributed by atoms with Gasteiger partial charge in [0.1, 0.15) is 5.60 Å². The number of nitrogens with zero attached hydrogens (tertiary/aromatic N) is 1. The summed E-state index contributed by atoms with van der Waals surface area (Å²) < 4.78 is 32.9. The topological polar surface area (TPSA) is 170 Å². The van der Waals surface area contributed by atoms with Crippen LogP contribution in [-0.4, -0.2) is 49.9 Å². The fourth-order valence-electron chi connectivity index (χ4n) is 4.55. The van der Waals surface area contributed by atoms with Crippen LogP contribution in [0.2, 0.25) is 0 Å². The van der Waals surface area contributed by atoms with E-state index in [4.69, 9.17) is 4.74 Å². The SMILES string of the molecule is CC(C)(C)OC(=O)NS(=O)(=O)NCCNC(=O)c1ccc2c(c1)C(C)(C)c1[nH]c3cc(C#N)ccc3c1C2=O. The van der Waals surface area contributed by atoms with Gasteiger partial charge in [-0.1, -0.05) is 19.9 Å². The van der Waals surface area contributed by atoms with Gasteiger partial charge in [0.25, 0.3) is 5.91 Å². The average Bonchev–Trinajstić information content (AvgIpc) is 3.23. The van der Waals surface area contributed by atoms with Crippen LogP contribution in [0.5, 0.6) is 0 Å². The van der Waals surface area contributed by atoms with E-state index in [0.29, 0.717) is 39.0 Å². The molecule has 1 aromatic heterocycles. The molecule has 4 N–H and O–H groups in total. The Morgan fingerprint density at radius 1 is 1.10 bits per heavy atom. The average molecular weight is 552 g/mol. The molecule has 0 bridgehead atoms. The highest BCUT2D eigenvalue weighted by Gasteiger charge is 2.40. The molecule has 0 fully saturated rings. The second-order valence-electron chi connectivity index (χ2n) is 10.7. The van der Waals surface area contributed by atoms with Crippen molar-refractivity contribution in [2.45, 2.75) is 45.6 Å². The molecule has 0 aliphatic heterocycles. The molecule has 3 aromatic rings. The van der Waals surface area contributed by atoms with Gasteiger partial charge in [-0.15, -0.1) is 0 Å². The molecule has 1 heterocycles. The molecule has 1 aliphatic rings. The van der Waals surface area contributed by atoms with Crippen LogP contribution in [0.25, 0.3) is 10.9 Å². The van der Waals surface area contributed by atoms with E-state index >= 15 is 0 Å². The first-order valence-corrected chi connectivity index (χ1v) is 13.7. The van der Waals surface area contributed by atoms with Crippen molar-refractivity contribution >= 4 is 38.9 Å². The smallest absolute Gasteiger partial charge is 0.422 e. The molecule has 2 aromatic carbocycles. The van der Waals surface area contributed by atoms with E-state index in [2.05, 4.69) is 21.1 Å². The standard InChI is InChI=1S/C27H29N5O6S/c1-26(2,3)38-25(35)32-39(36,37)30-11-10-29-24(34)16-7-9-17-19(13-16)27(4,5)23-21(22(17)33)18-8-6-15(14-28)12-20(18)31-23/h6-9,12-13,30-31H,10-11H2,1-5H3,(H,29,34)(H,32,35). The lowest BCUT2D eigenvalue weighted by atomic mass is 9.71. The lowest BCUT2D eigenvalue weighted by Crippen LogP contribution is -2.45. The van der Waals surface area contributed by atoms with E-state index in [-0.39, 0.29) is 18.9 Å². The molecule has 0 atom stereocenters. The van der Waals surface area contributed by atoms with Crippen molar-refractivity contribution in [2.24, 2.45) is 0 Å². The number of H-pyrrole nitrogens is 1. The Kier molecular flexibility index (Phi) is 7.01. The summed E-state index contributed by atoms with van der Waals surface area (Å²) in [6, 6.07) is 12.1. The maximum Gasteiger partial charge on any atom is 0.422 e. The number of fused-ring (bicyclic) bond motifs is 4. The molecular weight excluding hydrogens is 522 g/mol. The molecular formula is C27H29N5O6S. The number of aromatic nitrogens is 1. The number of carbonyl (C=O) groups excluding carboxylic acids is 3. The van der Waals surface area contributed by atoms with Crippen LogP contribution in [0.15, 0.2) is 36.4 Å². The third-order valence-corrected chi connectivity index (χ3v) is 7.32. The first-order valence-electron chi connectivity index (χ1n) is 12.2. The van der Waals surface area contributed by atoms with Crippen LogP contribution in [-0.2, 0) is 20.4 Å². The van der Waals surface area contributed by atoms with E-state index in [1.165, 1.54) is 0 Å². The lowest BCUT2D eigenvalue weighted by Gasteiger charge is -2.32. The van der Waals surface area contributed by atoms with Gasteiger partial charge < -0.3 is 15.0 Å². The number of nitriles is 1.